The lowest BCUT2D eigenvalue weighted by Gasteiger charge is -2.63. The Hall–Kier alpha value is -1.56. The molecule has 1 saturated carbocycles. The smallest absolute Gasteiger partial charge is 0.165 e. The van der Waals surface area contributed by atoms with Crippen LogP contribution in [-0.2, 0) is 11.8 Å². The van der Waals surface area contributed by atoms with E-state index in [1.807, 2.05) is 12.1 Å². The van der Waals surface area contributed by atoms with Crippen molar-refractivity contribution in [3.63, 3.8) is 0 Å². The van der Waals surface area contributed by atoms with E-state index in [-0.39, 0.29) is 23.9 Å². The lowest BCUT2D eigenvalue weighted by molar-refractivity contribution is -0.186. The van der Waals surface area contributed by atoms with Crippen LogP contribution in [0, 0.1) is 0 Å². The van der Waals surface area contributed by atoms with Gasteiger partial charge in [-0.2, -0.15) is 0 Å². The van der Waals surface area contributed by atoms with Crippen LogP contribution in [0.3, 0.4) is 0 Å². The van der Waals surface area contributed by atoms with Crippen molar-refractivity contribution in [2.24, 2.45) is 5.73 Å². The summed E-state index contributed by atoms with van der Waals surface area (Å²) in [5, 5.41) is 22.3. The summed E-state index contributed by atoms with van der Waals surface area (Å²) in [6.07, 6.45) is 4.66. The van der Waals surface area contributed by atoms with Crippen molar-refractivity contribution in [1.82, 2.24) is 4.90 Å². The molecule has 1 saturated heterocycles. The van der Waals surface area contributed by atoms with E-state index >= 15 is 0 Å². The van der Waals surface area contributed by atoms with Crippen LogP contribution in [-0.4, -0.2) is 52.0 Å². The highest BCUT2D eigenvalue weighted by molar-refractivity contribution is 5.62. The lowest BCUT2D eigenvalue weighted by atomic mass is 9.48. The Kier molecular flexibility index (Phi) is 2.79. The van der Waals surface area contributed by atoms with Crippen molar-refractivity contribution in [2.45, 2.75) is 54.9 Å². The Morgan fingerprint density at radius 2 is 2.25 bits per heavy atom. The van der Waals surface area contributed by atoms with Crippen molar-refractivity contribution >= 4 is 0 Å². The van der Waals surface area contributed by atoms with Gasteiger partial charge in [0, 0.05) is 24.2 Å². The molecule has 24 heavy (non-hydrogen) atoms. The molecule has 5 nitrogen and oxygen atoms in total. The number of phenols is 1. The van der Waals surface area contributed by atoms with Gasteiger partial charge in [0.05, 0.1) is 11.0 Å². The highest BCUT2D eigenvalue weighted by atomic mass is 16.5. The van der Waals surface area contributed by atoms with Crippen molar-refractivity contribution in [1.29, 1.82) is 0 Å². The number of benzene rings is 1. The molecule has 1 aromatic carbocycles. The minimum absolute atomic E-state index is 0.0471. The molecule has 2 aliphatic heterocycles. The lowest BCUT2D eigenvalue weighted by Crippen LogP contribution is -2.77. The van der Waals surface area contributed by atoms with E-state index in [9.17, 15) is 10.2 Å². The maximum atomic E-state index is 11.9. The predicted molar refractivity (Wildman–Crippen MR) is 90.2 cm³/mol. The first kappa shape index (κ1) is 14.8. The number of rotatable bonds is 2. The first-order valence-electron chi connectivity index (χ1n) is 8.88. The summed E-state index contributed by atoms with van der Waals surface area (Å²) in [5.41, 5.74) is 7.28. The summed E-state index contributed by atoms with van der Waals surface area (Å²) in [6, 6.07) is 3.64. The van der Waals surface area contributed by atoms with Gasteiger partial charge in [0.2, 0.25) is 0 Å². The highest BCUT2D eigenvalue weighted by Crippen LogP contribution is 2.65. The summed E-state index contributed by atoms with van der Waals surface area (Å²) >= 11 is 0. The first-order chi connectivity index (χ1) is 11.5. The zero-order chi connectivity index (χ0) is 16.7. The van der Waals surface area contributed by atoms with Crippen molar-refractivity contribution in [3.8, 4) is 11.5 Å². The molecule has 5 atom stereocenters. The molecule has 2 heterocycles. The summed E-state index contributed by atoms with van der Waals surface area (Å²) in [6.45, 7) is 5.55. The van der Waals surface area contributed by atoms with E-state index in [1.54, 1.807) is 6.07 Å². The second-order valence-electron chi connectivity index (χ2n) is 7.84. The maximum Gasteiger partial charge on any atom is 0.165 e. The number of likely N-dealkylation sites (tertiary alicyclic amines) is 1. The SMILES string of the molecule is C=CCN1CC[C@]23c4c5ccc(O)c4OC2C(N)CC[C@@]3(O)C1C5. The Balaban J connectivity index is 1.78. The van der Waals surface area contributed by atoms with Crippen LogP contribution < -0.4 is 10.5 Å². The molecule has 5 rings (SSSR count). The fourth-order valence-electron chi connectivity index (χ4n) is 6.05. The quantitative estimate of drug-likeness (QED) is 0.708. The number of phenolic OH excluding ortho intramolecular Hbond substituents is 1. The van der Waals surface area contributed by atoms with Gasteiger partial charge in [-0.25, -0.2) is 0 Å². The third-order valence-electron chi connectivity index (χ3n) is 6.98. The molecule has 2 fully saturated rings. The third-order valence-corrected chi connectivity index (χ3v) is 6.98. The minimum atomic E-state index is -0.860. The maximum absolute atomic E-state index is 11.9. The Labute approximate surface area is 141 Å². The monoisotopic (exact) mass is 328 g/mol. The molecule has 128 valence electrons. The van der Waals surface area contributed by atoms with Crippen molar-refractivity contribution < 1.29 is 14.9 Å². The van der Waals surface area contributed by atoms with E-state index in [1.165, 1.54) is 5.56 Å². The molecule has 2 aliphatic carbocycles. The number of piperidine rings is 1. The van der Waals surface area contributed by atoms with Crippen LogP contribution in [0.5, 0.6) is 11.5 Å². The van der Waals surface area contributed by atoms with Gasteiger partial charge in [-0.1, -0.05) is 12.1 Å². The van der Waals surface area contributed by atoms with Crippen LogP contribution in [0.15, 0.2) is 24.8 Å². The molecular formula is C19H24N2O3. The van der Waals surface area contributed by atoms with Gasteiger partial charge in [0.15, 0.2) is 11.5 Å². The average Bonchev–Trinajstić information content (AvgIpc) is 2.91. The van der Waals surface area contributed by atoms with Gasteiger partial charge in [-0.05, 0) is 43.9 Å². The average molecular weight is 328 g/mol. The Morgan fingerprint density at radius 3 is 3.04 bits per heavy atom. The third kappa shape index (κ3) is 1.43. The molecule has 0 amide bonds. The second kappa shape index (κ2) is 4.54. The zero-order valence-corrected chi connectivity index (χ0v) is 13.7. The van der Waals surface area contributed by atoms with E-state index in [4.69, 9.17) is 10.5 Å². The number of ether oxygens (including phenoxy) is 1. The zero-order valence-electron chi connectivity index (χ0n) is 13.7. The summed E-state index contributed by atoms with van der Waals surface area (Å²) in [7, 11) is 0. The molecule has 5 heteroatoms. The summed E-state index contributed by atoms with van der Waals surface area (Å²) < 4.78 is 6.21. The van der Waals surface area contributed by atoms with Gasteiger partial charge in [0.1, 0.15) is 6.10 Å². The van der Waals surface area contributed by atoms with Crippen molar-refractivity contribution in [2.75, 3.05) is 13.1 Å². The van der Waals surface area contributed by atoms with Gasteiger partial charge in [-0.15, -0.1) is 6.58 Å². The summed E-state index contributed by atoms with van der Waals surface area (Å²) in [4.78, 5) is 2.35. The van der Waals surface area contributed by atoms with Gasteiger partial charge in [0.25, 0.3) is 0 Å². The number of nitrogens with zero attached hydrogens (tertiary/aromatic N) is 1. The standard InChI is InChI=1S/C19H24N2O3/c1-2-8-21-9-7-18-15-11-3-4-13(22)16(15)24-17(18)12(20)5-6-19(18,23)14(21)10-11/h2-4,12,14,17,22-23H,1,5-10,20H2/t12?,14?,17?,18-,19+/m0/s1. The fourth-order valence-corrected chi connectivity index (χ4v) is 6.05. The number of hydrogen-bond donors (Lipinski definition) is 3. The van der Waals surface area contributed by atoms with Crippen LogP contribution in [0.1, 0.15) is 30.4 Å². The van der Waals surface area contributed by atoms with Crippen LogP contribution in [0.25, 0.3) is 0 Å². The molecule has 0 aromatic heterocycles. The van der Waals surface area contributed by atoms with E-state index < -0.39 is 11.0 Å². The minimum Gasteiger partial charge on any atom is -0.504 e. The van der Waals surface area contributed by atoms with Gasteiger partial charge in [-0.3, -0.25) is 4.90 Å². The highest BCUT2D eigenvalue weighted by Gasteiger charge is 2.72. The summed E-state index contributed by atoms with van der Waals surface area (Å²) in [5.74, 6) is 0.725. The second-order valence-corrected chi connectivity index (χ2v) is 7.84. The van der Waals surface area contributed by atoms with Crippen LogP contribution in [0.4, 0.5) is 0 Å². The molecule has 2 bridgehead atoms. The molecule has 4 aliphatic rings. The van der Waals surface area contributed by atoms with Crippen molar-refractivity contribution in [3.05, 3.63) is 35.9 Å². The first-order valence-corrected chi connectivity index (χ1v) is 8.88. The molecular weight excluding hydrogens is 304 g/mol. The molecule has 3 unspecified atom stereocenters. The van der Waals surface area contributed by atoms with Gasteiger partial charge < -0.3 is 20.7 Å². The molecule has 0 radical (unpaired) electrons. The number of aliphatic hydroxyl groups is 1. The van der Waals surface area contributed by atoms with Crippen LogP contribution >= 0.6 is 0 Å². The van der Waals surface area contributed by atoms with E-state index in [0.717, 1.165) is 37.9 Å². The van der Waals surface area contributed by atoms with E-state index in [0.29, 0.717) is 12.2 Å². The Bertz CT molecular complexity index is 736. The fraction of sp³-hybridized carbons (Fsp3) is 0.579. The topological polar surface area (TPSA) is 79.0 Å². The largest absolute Gasteiger partial charge is 0.504 e. The number of nitrogens with two attached hydrogens (primary N) is 1. The Morgan fingerprint density at radius 1 is 1.42 bits per heavy atom. The van der Waals surface area contributed by atoms with Crippen LogP contribution in [0.2, 0.25) is 0 Å². The molecule has 4 N–H and O–H groups in total. The molecule has 1 spiro atoms. The number of hydrogen-bond acceptors (Lipinski definition) is 5. The number of aromatic hydroxyl groups is 1. The normalized spacial score (nSPS) is 42.3. The predicted octanol–water partition coefficient (Wildman–Crippen LogP) is 1.06. The molecule has 1 aromatic rings. The van der Waals surface area contributed by atoms with Gasteiger partial charge >= 0.3 is 0 Å². The van der Waals surface area contributed by atoms with E-state index in [2.05, 4.69) is 11.5 Å².